The number of aliphatic hydroxyl groups is 1. The number of amides is 1. The Morgan fingerprint density at radius 1 is 1.28 bits per heavy atom. The number of likely N-dealkylation sites (tertiary alicyclic amines) is 1. The molecule has 3 aliphatic rings. The van der Waals surface area contributed by atoms with Crippen LogP contribution in [-0.4, -0.2) is 52.0 Å². The number of ether oxygens (including phenoxy) is 1. The number of fused-ring (bicyclic) bond motifs is 1. The van der Waals surface area contributed by atoms with Crippen molar-refractivity contribution in [1.29, 1.82) is 10.5 Å². The number of aromatic nitrogens is 1. The third-order valence-electron chi connectivity index (χ3n) is 7.40. The SMILES string of the molecule is CC(O)(CN1CCCC1)c1cc(F)c2c(c1)C(=O)N(Cc1ccc(C#N)cn1)[C@@H]2OCC1(C#N)CC1. The average Bonchev–Trinajstić information content (AvgIpc) is 3.38. The molecule has 1 aliphatic carbocycles. The van der Waals surface area contributed by atoms with E-state index in [9.17, 15) is 15.2 Å². The first-order valence-electron chi connectivity index (χ1n) is 12.2. The number of nitrogens with zero attached hydrogens (tertiary/aromatic N) is 5. The van der Waals surface area contributed by atoms with Gasteiger partial charge in [0.1, 0.15) is 11.9 Å². The normalized spacial score (nSPS) is 22.1. The number of nitriles is 2. The van der Waals surface area contributed by atoms with Crippen molar-refractivity contribution in [2.24, 2.45) is 5.41 Å². The van der Waals surface area contributed by atoms with Crippen molar-refractivity contribution in [1.82, 2.24) is 14.8 Å². The molecule has 186 valence electrons. The van der Waals surface area contributed by atoms with E-state index in [2.05, 4.69) is 16.0 Å². The molecule has 0 radical (unpaired) electrons. The third-order valence-corrected chi connectivity index (χ3v) is 7.40. The van der Waals surface area contributed by atoms with Gasteiger partial charge in [0.15, 0.2) is 6.23 Å². The van der Waals surface area contributed by atoms with E-state index in [0.29, 0.717) is 36.2 Å². The van der Waals surface area contributed by atoms with Crippen molar-refractivity contribution in [2.75, 3.05) is 26.2 Å². The second-order valence-corrected chi connectivity index (χ2v) is 10.3. The van der Waals surface area contributed by atoms with Crippen LogP contribution in [0.2, 0.25) is 0 Å². The van der Waals surface area contributed by atoms with E-state index in [1.807, 2.05) is 6.07 Å². The van der Waals surface area contributed by atoms with E-state index < -0.39 is 29.0 Å². The molecule has 36 heavy (non-hydrogen) atoms. The Hall–Kier alpha value is -3.37. The van der Waals surface area contributed by atoms with Crippen LogP contribution < -0.4 is 0 Å². The summed E-state index contributed by atoms with van der Waals surface area (Å²) in [6.45, 7) is 3.88. The number of halogens is 1. The highest BCUT2D eigenvalue weighted by Gasteiger charge is 2.47. The van der Waals surface area contributed by atoms with Gasteiger partial charge in [-0.25, -0.2) is 4.39 Å². The van der Waals surface area contributed by atoms with Crippen molar-refractivity contribution >= 4 is 5.91 Å². The lowest BCUT2D eigenvalue weighted by Crippen LogP contribution is -2.37. The molecule has 0 spiro atoms. The molecule has 1 unspecified atom stereocenters. The quantitative estimate of drug-likeness (QED) is 0.605. The van der Waals surface area contributed by atoms with Crippen LogP contribution >= 0.6 is 0 Å². The Balaban J connectivity index is 1.47. The smallest absolute Gasteiger partial charge is 0.257 e. The maximum absolute atomic E-state index is 15.6. The largest absolute Gasteiger partial charge is 0.384 e. The van der Waals surface area contributed by atoms with Gasteiger partial charge in [-0.15, -0.1) is 0 Å². The van der Waals surface area contributed by atoms with E-state index in [1.54, 1.807) is 25.1 Å². The van der Waals surface area contributed by atoms with Crippen LogP contribution in [0.3, 0.4) is 0 Å². The average molecular weight is 490 g/mol. The van der Waals surface area contributed by atoms with Crippen molar-refractivity contribution in [3.05, 3.63) is 64.2 Å². The molecule has 2 aromatic rings. The van der Waals surface area contributed by atoms with Gasteiger partial charge in [-0.2, -0.15) is 10.5 Å². The minimum atomic E-state index is -1.34. The van der Waals surface area contributed by atoms with E-state index >= 15 is 4.39 Å². The van der Waals surface area contributed by atoms with Crippen LogP contribution in [0.15, 0.2) is 30.5 Å². The summed E-state index contributed by atoms with van der Waals surface area (Å²) in [6.07, 6.45) is 3.93. The maximum Gasteiger partial charge on any atom is 0.257 e. The molecule has 9 heteroatoms. The number of hydrogen-bond donors (Lipinski definition) is 1. The maximum atomic E-state index is 15.6. The molecule has 2 fully saturated rings. The van der Waals surface area contributed by atoms with Gasteiger partial charge in [-0.3, -0.25) is 9.78 Å². The highest BCUT2D eigenvalue weighted by Crippen LogP contribution is 2.47. The molecule has 1 aromatic carbocycles. The van der Waals surface area contributed by atoms with Crippen LogP contribution in [0.5, 0.6) is 0 Å². The van der Waals surface area contributed by atoms with Crippen LogP contribution in [0, 0.1) is 33.9 Å². The lowest BCUT2D eigenvalue weighted by Gasteiger charge is -2.29. The Morgan fingerprint density at radius 3 is 2.64 bits per heavy atom. The molecule has 5 rings (SSSR count). The molecule has 2 atom stereocenters. The molecule has 8 nitrogen and oxygen atoms in total. The summed E-state index contributed by atoms with van der Waals surface area (Å²) in [5, 5.41) is 29.7. The standard InChI is InChI=1S/C27H28FN5O3/c1-26(35,16-32-8-2-3-9-32)19-10-21-23(22(28)11-19)25(36-17-27(15-30)6-7-27)33(24(21)34)14-20-5-4-18(12-29)13-31-20/h4-5,10-11,13,25,35H,2-3,6-9,14,16-17H2,1H3/t25-,26?/m1/s1. The van der Waals surface area contributed by atoms with Crippen molar-refractivity contribution in [3.63, 3.8) is 0 Å². The molecule has 1 amide bonds. The number of carbonyl (C=O) groups excluding carboxylic acids is 1. The van der Waals surface area contributed by atoms with Crippen LogP contribution in [0.4, 0.5) is 4.39 Å². The fraction of sp³-hybridized carbons (Fsp3) is 0.481. The lowest BCUT2D eigenvalue weighted by molar-refractivity contribution is -0.0553. The summed E-state index contributed by atoms with van der Waals surface area (Å²) in [5.74, 6) is -1.06. The minimum absolute atomic E-state index is 0.0440. The Bertz CT molecular complexity index is 1250. The summed E-state index contributed by atoms with van der Waals surface area (Å²) >= 11 is 0. The minimum Gasteiger partial charge on any atom is -0.384 e. The Labute approximate surface area is 209 Å². The number of β-amino-alcohol motifs (C(OH)–C–C–N with tert-alkyl or cyclic N) is 1. The summed E-state index contributed by atoms with van der Waals surface area (Å²) in [4.78, 5) is 21.4. The second kappa shape index (κ2) is 9.25. The molecule has 3 heterocycles. The van der Waals surface area contributed by atoms with E-state index in [4.69, 9.17) is 10.00 Å². The van der Waals surface area contributed by atoms with Gasteiger partial charge in [-0.1, -0.05) is 0 Å². The summed E-state index contributed by atoms with van der Waals surface area (Å²) in [6, 6.07) is 10.4. The van der Waals surface area contributed by atoms with E-state index in [0.717, 1.165) is 25.9 Å². The molecule has 1 N–H and O–H groups in total. The van der Waals surface area contributed by atoms with Crippen LogP contribution in [-0.2, 0) is 16.9 Å². The first-order valence-corrected chi connectivity index (χ1v) is 12.2. The number of benzene rings is 1. The van der Waals surface area contributed by atoms with E-state index in [-0.39, 0.29) is 24.3 Å². The molecule has 0 bridgehead atoms. The lowest BCUT2D eigenvalue weighted by atomic mass is 9.92. The fourth-order valence-electron chi connectivity index (χ4n) is 5.01. The van der Waals surface area contributed by atoms with Gasteiger partial charge in [0, 0.05) is 18.3 Å². The number of hydrogen-bond acceptors (Lipinski definition) is 7. The van der Waals surface area contributed by atoms with Crippen molar-refractivity contribution in [2.45, 2.75) is 51.0 Å². The van der Waals surface area contributed by atoms with Gasteiger partial charge in [0.05, 0.1) is 47.1 Å². The monoisotopic (exact) mass is 489 g/mol. The highest BCUT2D eigenvalue weighted by molar-refractivity contribution is 5.99. The fourth-order valence-corrected chi connectivity index (χ4v) is 5.01. The van der Waals surface area contributed by atoms with Gasteiger partial charge >= 0.3 is 0 Å². The number of carbonyl (C=O) groups is 1. The molecule has 1 aromatic heterocycles. The second-order valence-electron chi connectivity index (χ2n) is 10.3. The van der Waals surface area contributed by atoms with Crippen molar-refractivity contribution in [3.8, 4) is 12.1 Å². The zero-order chi connectivity index (χ0) is 25.5. The number of pyridine rings is 1. The summed E-state index contributed by atoms with van der Waals surface area (Å²) < 4.78 is 21.7. The Kier molecular flexibility index (Phi) is 6.25. The first kappa shape index (κ1) is 24.3. The summed E-state index contributed by atoms with van der Waals surface area (Å²) in [5.41, 5.74) is -0.422. The molecular weight excluding hydrogens is 461 g/mol. The number of rotatable bonds is 8. The highest BCUT2D eigenvalue weighted by atomic mass is 19.1. The predicted molar refractivity (Wildman–Crippen MR) is 126 cm³/mol. The van der Waals surface area contributed by atoms with Crippen LogP contribution in [0.1, 0.15) is 71.6 Å². The zero-order valence-electron chi connectivity index (χ0n) is 20.2. The zero-order valence-corrected chi connectivity index (χ0v) is 20.2. The van der Waals surface area contributed by atoms with E-state index in [1.165, 1.54) is 17.2 Å². The predicted octanol–water partition coefficient (Wildman–Crippen LogP) is 3.37. The third kappa shape index (κ3) is 4.58. The first-order chi connectivity index (χ1) is 17.2. The van der Waals surface area contributed by atoms with Crippen molar-refractivity contribution < 1.29 is 19.0 Å². The van der Waals surface area contributed by atoms with Gasteiger partial charge in [0.2, 0.25) is 0 Å². The molecule has 1 saturated heterocycles. The Morgan fingerprint density at radius 2 is 2.03 bits per heavy atom. The summed E-state index contributed by atoms with van der Waals surface area (Å²) in [7, 11) is 0. The topological polar surface area (TPSA) is 113 Å². The molecule has 2 aliphatic heterocycles. The van der Waals surface area contributed by atoms with Crippen LogP contribution in [0.25, 0.3) is 0 Å². The van der Waals surface area contributed by atoms with Gasteiger partial charge in [0.25, 0.3) is 5.91 Å². The van der Waals surface area contributed by atoms with Gasteiger partial charge in [-0.05, 0) is 75.5 Å². The molecular formula is C27H28FN5O3. The van der Waals surface area contributed by atoms with Gasteiger partial charge < -0.3 is 19.6 Å². The molecule has 1 saturated carbocycles.